The summed E-state index contributed by atoms with van der Waals surface area (Å²) in [6.45, 7) is 1.89. The lowest BCUT2D eigenvalue weighted by Crippen LogP contribution is -2.12. The van der Waals surface area contributed by atoms with E-state index >= 15 is 0 Å². The summed E-state index contributed by atoms with van der Waals surface area (Å²) in [5.41, 5.74) is 1.59. The summed E-state index contributed by atoms with van der Waals surface area (Å²) >= 11 is 2.94. The number of thioether (sulfide) groups is 1. The Morgan fingerprint density at radius 2 is 2.25 bits per heavy atom. The van der Waals surface area contributed by atoms with Crippen LogP contribution in [0.4, 0.5) is 0 Å². The number of hydrogen-bond acceptors (Lipinski definition) is 7. The van der Waals surface area contributed by atoms with Crippen molar-refractivity contribution in [3.63, 3.8) is 0 Å². The maximum atomic E-state index is 12.0. The molecule has 0 amide bonds. The first-order chi connectivity index (χ1) is 11.6. The maximum Gasteiger partial charge on any atom is 0.258 e. The van der Waals surface area contributed by atoms with Gasteiger partial charge in [0.05, 0.1) is 17.5 Å². The Morgan fingerprint density at radius 1 is 1.38 bits per heavy atom. The first-order valence-corrected chi connectivity index (χ1v) is 9.02. The summed E-state index contributed by atoms with van der Waals surface area (Å²) in [7, 11) is 1.91. The molecule has 0 bridgehead atoms. The summed E-state index contributed by atoms with van der Waals surface area (Å²) < 4.78 is 8.78. The van der Waals surface area contributed by atoms with Gasteiger partial charge in [-0.25, -0.2) is 4.98 Å². The van der Waals surface area contributed by atoms with Gasteiger partial charge in [0.1, 0.15) is 5.76 Å². The molecule has 0 aliphatic heterocycles. The fourth-order valence-corrected chi connectivity index (χ4v) is 3.93. The zero-order valence-corrected chi connectivity index (χ0v) is 14.6. The van der Waals surface area contributed by atoms with Gasteiger partial charge in [-0.15, -0.1) is 21.5 Å². The number of hydrogen-bond donors (Lipinski definition) is 0. The van der Waals surface area contributed by atoms with E-state index in [9.17, 15) is 4.79 Å². The average Bonchev–Trinajstić information content (AvgIpc) is 3.26. The Labute approximate surface area is 145 Å². The summed E-state index contributed by atoms with van der Waals surface area (Å²) in [6.07, 6.45) is 3.37. The largest absolute Gasteiger partial charge is 0.469 e. The van der Waals surface area contributed by atoms with Crippen LogP contribution in [-0.4, -0.2) is 24.1 Å². The van der Waals surface area contributed by atoms with Crippen molar-refractivity contribution >= 4 is 28.1 Å². The molecular weight excluding hydrogens is 346 g/mol. The van der Waals surface area contributed by atoms with Crippen molar-refractivity contribution in [3.8, 4) is 11.4 Å². The number of aryl methyl sites for hydroxylation is 1. The zero-order valence-electron chi connectivity index (χ0n) is 13.0. The molecule has 0 aromatic carbocycles. The molecule has 0 aliphatic rings. The third-order valence-corrected chi connectivity index (χ3v) is 5.45. The van der Waals surface area contributed by atoms with Crippen LogP contribution in [0.5, 0.6) is 0 Å². The predicted molar refractivity (Wildman–Crippen MR) is 92.3 cm³/mol. The van der Waals surface area contributed by atoms with Crippen molar-refractivity contribution in [2.45, 2.75) is 17.8 Å². The second-order valence-electron chi connectivity index (χ2n) is 5.19. The van der Waals surface area contributed by atoms with Crippen molar-refractivity contribution in [1.29, 1.82) is 0 Å². The molecule has 0 atom stereocenters. The average molecular weight is 359 g/mol. The fourth-order valence-electron chi connectivity index (χ4n) is 2.39. The van der Waals surface area contributed by atoms with E-state index in [1.165, 1.54) is 23.1 Å². The fraction of sp³-hybridized carbons (Fsp3) is 0.200. The molecule has 0 unspecified atom stereocenters. The molecule has 4 rings (SSSR count). The van der Waals surface area contributed by atoms with Crippen LogP contribution in [0.3, 0.4) is 0 Å². The van der Waals surface area contributed by atoms with E-state index in [2.05, 4.69) is 15.2 Å². The molecule has 0 saturated heterocycles. The van der Waals surface area contributed by atoms with Crippen molar-refractivity contribution in [1.82, 2.24) is 24.1 Å². The first kappa shape index (κ1) is 15.2. The number of thiazole rings is 1. The Bertz CT molecular complexity index is 1080. The van der Waals surface area contributed by atoms with Gasteiger partial charge in [-0.3, -0.25) is 9.20 Å². The van der Waals surface area contributed by atoms with Crippen LogP contribution in [0.2, 0.25) is 0 Å². The molecule has 0 saturated carbocycles. The van der Waals surface area contributed by atoms with Crippen molar-refractivity contribution in [2.24, 2.45) is 7.05 Å². The monoisotopic (exact) mass is 359 g/mol. The van der Waals surface area contributed by atoms with Crippen LogP contribution in [0.1, 0.15) is 11.5 Å². The standard InChI is InChI=1S/C15H13N5O2S2/c1-9-11(3-5-22-9)13-17-18-15(19(13)2)24-8-10-7-12(21)20-4-6-23-14(20)16-10/h3-7H,8H2,1-2H3. The quantitative estimate of drug-likeness (QED) is 0.521. The molecule has 0 N–H and O–H groups in total. The molecule has 122 valence electrons. The minimum Gasteiger partial charge on any atom is -0.469 e. The topological polar surface area (TPSA) is 78.2 Å². The van der Waals surface area contributed by atoms with Crippen LogP contribution in [0.25, 0.3) is 16.3 Å². The molecule has 9 heteroatoms. The minimum absolute atomic E-state index is 0.0653. The SMILES string of the molecule is Cc1occc1-c1nnc(SCc2cc(=O)n3ccsc3n2)n1C. The Balaban J connectivity index is 1.59. The van der Waals surface area contributed by atoms with Crippen molar-refractivity contribution < 1.29 is 4.42 Å². The first-order valence-electron chi connectivity index (χ1n) is 7.16. The van der Waals surface area contributed by atoms with Crippen molar-refractivity contribution in [2.75, 3.05) is 0 Å². The van der Waals surface area contributed by atoms with Gasteiger partial charge in [0.25, 0.3) is 5.56 Å². The molecule has 0 fully saturated rings. The predicted octanol–water partition coefficient (Wildman–Crippen LogP) is 2.75. The minimum atomic E-state index is -0.0653. The molecule has 4 aromatic heterocycles. The van der Waals surface area contributed by atoms with E-state index in [0.29, 0.717) is 10.7 Å². The van der Waals surface area contributed by atoms with E-state index in [0.717, 1.165) is 28.0 Å². The lowest BCUT2D eigenvalue weighted by Gasteiger charge is -2.03. The van der Waals surface area contributed by atoms with Crippen LogP contribution >= 0.6 is 23.1 Å². The van der Waals surface area contributed by atoms with E-state index < -0.39 is 0 Å². The molecular formula is C15H13N5O2S2. The summed E-state index contributed by atoms with van der Waals surface area (Å²) in [5, 5.41) is 11.1. The van der Waals surface area contributed by atoms with Crippen LogP contribution < -0.4 is 5.56 Å². The maximum absolute atomic E-state index is 12.0. The molecule has 24 heavy (non-hydrogen) atoms. The van der Waals surface area contributed by atoms with Gasteiger partial charge in [-0.2, -0.15) is 0 Å². The number of nitrogens with zero attached hydrogens (tertiary/aromatic N) is 5. The molecule has 4 aromatic rings. The Kier molecular flexibility index (Phi) is 3.73. The van der Waals surface area contributed by atoms with Gasteiger partial charge in [0.2, 0.25) is 0 Å². The molecule has 0 radical (unpaired) electrons. The van der Waals surface area contributed by atoms with E-state index in [1.54, 1.807) is 22.9 Å². The lowest BCUT2D eigenvalue weighted by molar-refractivity contribution is 0.534. The molecule has 7 nitrogen and oxygen atoms in total. The highest BCUT2D eigenvalue weighted by atomic mass is 32.2. The smallest absolute Gasteiger partial charge is 0.258 e. The highest BCUT2D eigenvalue weighted by Crippen LogP contribution is 2.27. The summed E-state index contributed by atoms with van der Waals surface area (Å²) in [6, 6.07) is 3.44. The normalized spacial score (nSPS) is 11.4. The lowest BCUT2D eigenvalue weighted by atomic mass is 10.2. The van der Waals surface area contributed by atoms with Crippen LogP contribution in [-0.2, 0) is 12.8 Å². The molecule has 4 heterocycles. The van der Waals surface area contributed by atoms with E-state index in [1.807, 2.05) is 30.0 Å². The van der Waals surface area contributed by atoms with Gasteiger partial charge in [-0.1, -0.05) is 11.8 Å². The second kappa shape index (κ2) is 5.91. The van der Waals surface area contributed by atoms with Gasteiger partial charge in [0, 0.05) is 30.4 Å². The van der Waals surface area contributed by atoms with Gasteiger partial charge in [0.15, 0.2) is 15.9 Å². The Hall–Kier alpha value is -2.39. The number of rotatable bonds is 4. The third-order valence-electron chi connectivity index (χ3n) is 3.64. The highest BCUT2D eigenvalue weighted by Gasteiger charge is 2.15. The third kappa shape index (κ3) is 2.55. The second-order valence-corrected chi connectivity index (χ2v) is 7.00. The van der Waals surface area contributed by atoms with Gasteiger partial charge < -0.3 is 8.98 Å². The number of furan rings is 1. The number of aromatic nitrogens is 5. The zero-order chi connectivity index (χ0) is 16.7. The van der Waals surface area contributed by atoms with Gasteiger partial charge >= 0.3 is 0 Å². The molecule has 0 aliphatic carbocycles. The van der Waals surface area contributed by atoms with Gasteiger partial charge in [-0.05, 0) is 13.0 Å². The summed E-state index contributed by atoms with van der Waals surface area (Å²) in [5.74, 6) is 2.12. The molecule has 0 spiro atoms. The van der Waals surface area contributed by atoms with E-state index in [4.69, 9.17) is 4.42 Å². The van der Waals surface area contributed by atoms with Crippen LogP contribution in [0.15, 0.2) is 44.3 Å². The highest BCUT2D eigenvalue weighted by molar-refractivity contribution is 7.98. The van der Waals surface area contributed by atoms with Crippen LogP contribution in [0, 0.1) is 6.92 Å². The number of fused-ring (bicyclic) bond motifs is 1. The summed E-state index contributed by atoms with van der Waals surface area (Å²) in [4.78, 5) is 17.2. The Morgan fingerprint density at radius 3 is 3.04 bits per heavy atom. The van der Waals surface area contributed by atoms with Crippen molar-refractivity contribution in [3.05, 3.63) is 51.8 Å². The van der Waals surface area contributed by atoms with E-state index in [-0.39, 0.29) is 5.56 Å².